The fourth-order valence-corrected chi connectivity index (χ4v) is 3.67. The first-order valence-electron chi connectivity index (χ1n) is 11.2. The van der Waals surface area contributed by atoms with Crippen LogP contribution in [0.2, 0.25) is 0 Å². The van der Waals surface area contributed by atoms with E-state index in [1.165, 1.54) is 11.8 Å². The highest BCUT2D eigenvalue weighted by Crippen LogP contribution is 2.07. The van der Waals surface area contributed by atoms with Crippen LogP contribution in [0.4, 0.5) is 0 Å². The highest BCUT2D eigenvalue weighted by molar-refractivity contribution is 7.98. The Morgan fingerprint density at radius 1 is 0.943 bits per heavy atom. The number of thioether (sulfide) groups is 1. The van der Waals surface area contributed by atoms with Gasteiger partial charge < -0.3 is 32.5 Å². The SMILES string of the molecule is CSCCC(NC(=O)C(CC(N)=O)NC(=O)C(N)Cc1ccccc1)C(=O)NC(C(=O)O)C(C)C. The molecule has 0 spiro atoms. The van der Waals surface area contributed by atoms with E-state index in [4.69, 9.17) is 11.5 Å². The maximum absolute atomic E-state index is 12.9. The number of nitrogens with two attached hydrogens (primary N) is 2. The molecule has 194 valence electrons. The normalized spacial score (nSPS) is 14.3. The van der Waals surface area contributed by atoms with E-state index in [-0.39, 0.29) is 18.8 Å². The van der Waals surface area contributed by atoms with Crippen LogP contribution in [0.5, 0.6) is 0 Å². The first-order chi connectivity index (χ1) is 16.5. The number of rotatable bonds is 15. The molecule has 4 unspecified atom stereocenters. The number of amides is 4. The molecule has 0 radical (unpaired) electrons. The number of carboxylic acids is 1. The van der Waals surface area contributed by atoms with Crippen molar-refractivity contribution in [3.05, 3.63) is 35.9 Å². The summed E-state index contributed by atoms with van der Waals surface area (Å²) in [7, 11) is 0. The third-order valence-electron chi connectivity index (χ3n) is 5.15. The molecule has 1 rings (SSSR count). The first-order valence-corrected chi connectivity index (χ1v) is 12.6. The Labute approximate surface area is 209 Å². The van der Waals surface area contributed by atoms with E-state index >= 15 is 0 Å². The Hall–Kier alpha value is -3.12. The van der Waals surface area contributed by atoms with Gasteiger partial charge in [0.25, 0.3) is 0 Å². The molecule has 35 heavy (non-hydrogen) atoms. The molecule has 0 heterocycles. The molecule has 0 aliphatic carbocycles. The van der Waals surface area contributed by atoms with E-state index in [2.05, 4.69) is 16.0 Å². The van der Waals surface area contributed by atoms with E-state index in [1.807, 2.05) is 12.3 Å². The summed E-state index contributed by atoms with van der Waals surface area (Å²) in [6.07, 6.45) is 1.72. The van der Waals surface area contributed by atoms with E-state index in [1.54, 1.807) is 38.1 Å². The second kappa shape index (κ2) is 15.0. The van der Waals surface area contributed by atoms with Crippen molar-refractivity contribution in [2.24, 2.45) is 17.4 Å². The largest absolute Gasteiger partial charge is 0.480 e. The molecule has 11 nitrogen and oxygen atoms in total. The van der Waals surface area contributed by atoms with Crippen LogP contribution in [0.25, 0.3) is 0 Å². The molecular formula is C23H35N5O6S. The van der Waals surface area contributed by atoms with Crippen LogP contribution in [0.15, 0.2) is 30.3 Å². The first kappa shape index (κ1) is 29.9. The van der Waals surface area contributed by atoms with Gasteiger partial charge in [-0.2, -0.15) is 11.8 Å². The fraction of sp³-hybridized carbons (Fsp3) is 0.522. The maximum atomic E-state index is 12.9. The number of carboxylic acid groups (broad SMARTS) is 1. The lowest BCUT2D eigenvalue weighted by atomic mass is 10.0. The molecule has 4 atom stereocenters. The van der Waals surface area contributed by atoms with E-state index < -0.39 is 60.2 Å². The van der Waals surface area contributed by atoms with Crippen molar-refractivity contribution in [3.8, 4) is 0 Å². The fourth-order valence-electron chi connectivity index (χ4n) is 3.19. The Bertz CT molecular complexity index is 882. The van der Waals surface area contributed by atoms with Gasteiger partial charge in [0.15, 0.2) is 0 Å². The van der Waals surface area contributed by atoms with Gasteiger partial charge in [-0.05, 0) is 36.3 Å². The molecular weight excluding hydrogens is 474 g/mol. The van der Waals surface area contributed by atoms with Gasteiger partial charge >= 0.3 is 5.97 Å². The van der Waals surface area contributed by atoms with Crippen molar-refractivity contribution in [2.75, 3.05) is 12.0 Å². The van der Waals surface area contributed by atoms with Gasteiger partial charge in [0.2, 0.25) is 23.6 Å². The van der Waals surface area contributed by atoms with Crippen LogP contribution in [0.3, 0.4) is 0 Å². The molecule has 0 aliphatic heterocycles. The minimum absolute atomic E-state index is 0.202. The second-order valence-electron chi connectivity index (χ2n) is 8.44. The molecule has 4 amide bonds. The molecule has 0 saturated heterocycles. The Morgan fingerprint density at radius 3 is 2.03 bits per heavy atom. The van der Waals surface area contributed by atoms with Crippen LogP contribution >= 0.6 is 11.8 Å². The Morgan fingerprint density at radius 2 is 1.51 bits per heavy atom. The zero-order valence-electron chi connectivity index (χ0n) is 20.2. The van der Waals surface area contributed by atoms with Crippen molar-refractivity contribution in [2.45, 2.75) is 57.3 Å². The van der Waals surface area contributed by atoms with Gasteiger partial charge in [-0.15, -0.1) is 0 Å². The van der Waals surface area contributed by atoms with Gasteiger partial charge in [-0.25, -0.2) is 4.79 Å². The average molecular weight is 510 g/mol. The summed E-state index contributed by atoms with van der Waals surface area (Å²) in [6.45, 7) is 3.29. The molecule has 12 heteroatoms. The number of carbonyl (C=O) groups is 5. The molecule has 0 fully saturated rings. The van der Waals surface area contributed by atoms with Gasteiger partial charge in [-0.3, -0.25) is 19.2 Å². The average Bonchev–Trinajstić information content (AvgIpc) is 2.79. The number of nitrogens with one attached hydrogen (secondary N) is 3. The smallest absolute Gasteiger partial charge is 0.326 e. The Kier molecular flexibility index (Phi) is 12.8. The number of primary amides is 1. The van der Waals surface area contributed by atoms with Crippen molar-refractivity contribution in [1.29, 1.82) is 0 Å². The third kappa shape index (κ3) is 10.8. The van der Waals surface area contributed by atoms with Crippen LogP contribution < -0.4 is 27.4 Å². The highest BCUT2D eigenvalue weighted by Gasteiger charge is 2.31. The predicted molar refractivity (Wildman–Crippen MR) is 133 cm³/mol. The zero-order valence-corrected chi connectivity index (χ0v) is 21.0. The van der Waals surface area contributed by atoms with Crippen LogP contribution in [-0.4, -0.2) is 70.9 Å². The lowest BCUT2D eigenvalue weighted by molar-refractivity contribution is -0.143. The van der Waals surface area contributed by atoms with Gasteiger partial charge in [-0.1, -0.05) is 44.2 Å². The van der Waals surface area contributed by atoms with Crippen molar-refractivity contribution >= 4 is 41.4 Å². The zero-order chi connectivity index (χ0) is 26.5. The monoisotopic (exact) mass is 509 g/mol. The molecule has 8 N–H and O–H groups in total. The summed E-state index contributed by atoms with van der Waals surface area (Å²) in [5.41, 5.74) is 12.1. The summed E-state index contributed by atoms with van der Waals surface area (Å²) in [6, 6.07) is 4.47. The van der Waals surface area contributed by atoms with Crippen LogP contribution in [-0.2, 0) is 30.4 Å². The van der Waals surface area contributed by atoms with Crippen molar-refractivity contribution in [1.82, 2.24) is 16.0 Å². The number of benzene rings is 1. The third-order valence-corrected chi connectivity index (χ3v) is 5.79. The summed E-state index contributed by atoms with van der Waals surface area (Å²) in [4.78, 5) is 61.4. The topological polar surface area (TPSA) is 194 Å². The lowest BCUT2D eigenvalue weighted by Gasteiger charge is -2.25. The molecule has 1 aromatic rings. The minimum Gasteiger partial charge on any atom is -0.480 e. The number of hydrogen-bond donors (Lipinski definition) is 6. The lowest BCUT2D eigenvalue weighted by Crippen LogP contribution is -2.58. The van der Waals surface area contributed by atoms with Crippen molar-refractivity contribution < 1.29 is 29.1 Å². The standard InChI is InChI=1S/C23H35N5O6S/c1-13(2)19(23(33)34)28-21(31)16(9-10-35-3)26-22(32)17(12-18(25)29)27-20(30)15(24)11-14-7-5-4-6-8-14/h4-8,13,15-17,19H,9-12,24H2,1-3H3,(H2,25,29)(H,26,32)(H,27,30)(H,28,31)(H,33,34). The van der Waals surface area contributed by atoms with Gasteiger partial charge in [0, 0.05) is 0 Å². The van der Waals surface area contributed by atoms with E-state index in [0.717, 1.165) is 5.56 Å². The number of carbonyl (C=O) groups excluding carboxylic acids is 4. The van der Waals surface area contributed by atoms with Gasteiger partial charge in [0.05, 0.1) is 12.5 Å². The summed E-state index contributed by atoms with van der Waals surface area (Å²) < 4.78 is 0. The summed E-state index contributed by atoms with van der Waals surface area (Å²) in [5, 5.41) is 16.7. The molecule has 0 aliphatic rings. The van der Waals surface area contributed by atoms with Crippen LogP contribution in [0, 0.1) is 5.92 Å². The summed E-state index contributed by atoms with van der Waals surface area (Å²) >= 11 is 1.43. The molecule has 0 aromatic heterocycles. The number of hydrogen-bond acceptors (Lipinski definition) is 7. The number of aliphatic carboxylic acids is 1. The Balaban J connectivity index is 2.95. The van der Waals surface area contributed by atoms with Crippen molar-refractivity contribution in [3.63, 3.8) is 0 Å². The highest BCUT2D eigenvalue weighted by atomic mass is 32.2. The quantitative estimate of drug-likeness (QED) is 0.180. The predicted octanol–water partition coefficient (Wildman–Crippen LogP) is -0.620. The maximum Gasteiger partial charge on any atom is 0.326 e. The second-order valence-corrected chi connectivity index (χ2v) is 9.42. The van der Waals surface area contributed by atoms with E-state index in [9.17, 15) is 29.1 Å². The van der Waals surface area contributed by atoms with Crippen LogP contribution in [0.1, 0.15) is 32.3 Å². The molecule has 0 bridgehead atoms. The van der Waals surface area contributed by atoms with E-state index in [0.29, 0.717) is 5.75 Å². The van der Waals surface area contributed by atoms with Gasteiger partial charge in [0.1, 0.15) is 18.1 Å². The summed E-state index contributed by atoms with van der Waals surface area (Å²) in [5.74, 6) is -4.08. The minimum atomic E-state index is -1.35. The molecule has 0 saturated carbocycles. The molecule has 1 aromatic carbocycles.